The van der Waals surface area contributed by atoms with E-state index in [1.54, 1.807) is 0 Å². The van der Waals surface area contributed by atoms with Crippen LogP contribution in [0.15, 0.2) is 0 Å². The largest absolute Gasteiger partial charge is 0.299 e. The van der Waals surface area contributed by atoms with Gasteiger partial charge in [0.25, 0.3) is 0 Å². The van der Waals surface area contributed by atoms with Crippen LogP contribution in [-0.2, 0) is 4.79 Å². The van der Waals surface area contributed by atoms with E-state index in [0.717, 1.165) is 6.04 Å². The van der Waals surface area contributed by atoms with Crippen LogP contribution in [0, 0.1) is 0 Å². The van der Waals surface area contributed by atoms with Gasteiger partial charge in [-0.3, -0.25) is 4.79 Å². The van der Waals surface area contributed by atoms with Crippen molar-refractivity contribution >= 4 is 25.5 Å². The number of rotatable bonds is 6. The molecule has 0 spiro atoms. The van der Waals surface area contributed by atoms with Gasteiger partial charge in [-0.25, -0.2) is 0 Å². The lowest BCUT2D eigenvalue weighted by molar-refractivity contribution is -0.114. The molecule has 1 nitrogen and oxygen atoms in total. The normalized spacial score (nSPS) is 11.7. The summed E-state index contributed by atoms with van der Waals surface area (Å²) in [5.41, 5.74) is 0. The van der Waals surface area contributed by atoms with E-state index in [9.17, 15) is 4.79 Å². The zero-order valence-corrected chi connectivity index (χ0v) is 10.1. The van der Waals surface area contributed by atoms with E-state index in [1.807, 2.05) is 0 Å². The standard InChI is InChI=1S/C9H19ClOSi/c1-4-12(5-2,6-3)8-9(11)7-10/h4-8H2,1-3H3. The Labute approximate surface area is 81.5 Å². The molecule has 0 aromatic carbocycles. The monoisotopic (exact) mass is 206 g/mol. The maximum Gasteiger partial charge on any atom is 0.144 e. The molecule has 0 heterocycles. The summed E-state index contributed by atoms with van der Waals surface area (Å²) in [5, 5.41) is 0. The molecule has 72 valence electrons. The van der Waals surface area contributed by atoms with Crippen molar-refractivity contribution in [3.8, 4) is 0 Å². The number of halogens is 1. The highest BCUT2D eigenvalue weighted by molar-refractivity contribution is 6.82. The fourth-order valence-corrected chi connectivity index (χ4v) is 5.05. The predicted molar refractivity (Wildman–Crippen MR) is 57.7 cm³/mol. The topological polar surface area (TPSA) is 17.1 Å². The lowest BCUT2D eigenvalue weighted by Gasteiger charge is -2.26. The third-order valence-electron chi connectivity index (χ3n) is 2.97. The summed E-state index contributed by atoms with van der Waals surface area (Å²) in [6.07, 6.45) is 0. The molecule has 0 aromatic rings. The predicted octanol–water partition coefficient (Wildman–Crippen LogP) is 3.30. The first-order valence-electron chi connectivity index (χ1n) is 4.71. The minimum absolute atomic E-state index is 0.203. The molecule has 0 radical (unpaired) electrons. The van der Waals surface area contributed by atoms with E-state index in [2.05, 4.69) is 20.8 Å². The van der Waals surface area contributed by atoms with Crippen LogP contribution in [-0.4, -0.2) is 19.7 Å². The van der Waals surface area contributed by atoms with Crippen LogP contribution in [0.1, 0.15) is 20.8 Å². The second-order valence-corrected chi connectivity index (χ2v) is 9.15. The van der Waals surface area contributed by atoms with Crippen molar-refractivity contribution in [2.75, 3.05) is 5.88 Å². The first kappa shape index (κ1) is 12.2. The first-order valence-corrected chi connectivity index (χ1v) is 8.08. The SMILES string of the molecule is CC[Si](CC)(CC)CC(=O)CCl. The van der Waals surface area contributed by atoms with Crippen LogP contribution in [0.5, 0.6) is 0 Å². The summed E-state index contributed by atoms with van der Waals surface area (Å²) in [5.74, 6) is 0.447. The molecular formula is C9H19ClOSi. The molecule has 0 atom stereocenters. The molecule has 0 bridgehead atoms. The van der Waals surface area contributed by atoms with Crippen molar-refractivity contribution in [2.24, 2.45) is 0 Å². The Morgan fingerprint density at radius 3 is 1.83 bits per heavy atom. The van der Waals surface area contributed by atoms with Gasteiger partial charge in [-0.2, -0.15) is 0 Å². The number of carbonyl (C=O) groups excluding carboxylic acids is 1. The van der Waals surface area contributed by atoms with E-state index in [0.29, 0.717) is 0 Å². The summed E-state index contributed by atoms with van der Waals surface area (Å²) < 4.78 is 0. The van der Waals surface area contributed by atoms with E-state index >= 15 is 0 Å². The smallest absolute Gasteiger partial charge is 0.144 e. The molecule has 0 saturated carbocycles. The van der Waals surface area contributed by atoms with Crippen molar-refractivity contribution in [1.29, 1.82) is 0 Å². The third kappa shape index (κ3) is 3.28. The zero-order valence-electron chi connectivity index (χ0n) is 8.32. The molecule has 0 N–H and O–H groups in total. The quantitative estimate of drug-likeness (QED) is 0.482. The Hall–Kier alpha value is 0.177. The minimum atomic E-state index is -1.24. The molecule has 0 rings (SSSR count). The van der Waals surface area contributed by atoms with Crippen molar-refractivity contribution in [3.05, 3.63) is 0 Å². The molecule has 0 fully saturated rings. The van der Waals surface area contributed by atoms with E-state index < -0.39 is 8.07 Å². The lowest BCUT2D eigenvalue weighted by atomic mass is 10.5. The maximum atomic E-state index is 11.2. The van der Waals surface area contributed by atoms with E-state index in [4.69, 9.17) is 11.6 Å². The molecule has 0 amide bonds. The van der Waals surface area contributed by atoms with Gasteiger partial charge in [-0.05, 0) is 0 Å². The van der Waals surface area contributed by atoms with E-state index in [1.165, 1.54) is 18.1 Å². The van der Waals surface area contributed by atoms with Crippen molar-refractivity contribution in [2.45, 2.75) is 44.9 Å². The molecule has 0 aliphatic heterocycles. The van der Waals surface area contributed by atoms with Crippen LogP contribution in [0.25, 0.3) is 0 Å². The van der Waals surface area contributed by atoms with Gasteiger partial charge in [0.15, 0.2) is 0 Å². The summed E-state index contributed by atoms with van der Waals surface area (Å²) in [7, 11) is -1.24. The van der Waals surface area contributed by atoms with Gasteiger partial charge in [0.05, 0.1) is 14.0 Å². The van der Waals surface area contributed by atoms with Crippen LogP contribution < -0.4 is 0 Å². The van der Waals surface area contributed by atoms with Gasteiger partial charge in [-0.1, -0.05) is 38.9 Å². The number of ketones is 1. The second kappa shape index (κ2) is 5.76. The molecule has 0 aliphatic carbocycles. The van der Waals surface area contributed by atoms with Crippen molar-refractivity contribution in [3.63, 3.8) is 0 Å². The first-order chi connectivity index (χ1) is 5.64. The van der Waals surface area contributed by atoms with Gasteiger partial charge in [0.2, 0.25) is 0 Å². The Morgan fingerprint density at radius 1 is 1.17 bits per heavy atom. The second-order valence-electron chi connectivity index (χ2n) is 3.41. The molecule has 12 heavy (non-hydrogen) atoms. The van der Waals surface area contributed by atoms with Gasteiger partial charge in [0.1, 0.15) is 5.78 Å². The Morgan fingerprint density at radius 2 is 1.58 bits per heavy atom. The summed E-state index contributed by atoms with van der Waals surface area (Å²) in [4.78, 5) is 11.2. The molecule has 0 aromatic heterocycles. The summed E-state index contributed by atoms with van der Waals surface area (Å²) in [6.45, 7) is 6.63. The van der Waals surface area contributed by atoms with Gasteiger partial charge in [0, 0.05) is 6.04 Å². The fraction of sp³-hybridized carbons (Fsp3) is 0.889. The highest BCUT2D eigenvalue weighted by Crippen LogP contribution is 2.25. The maximum absolute atomic E-state index is 11.2. The zero-order chi connectivity index (χ0) is 9.61. The average Bonchev–Trinajstić information content (AvgIpc) is 2.14. The van der Waals surface area contributed by atoms with Gasteiger partial charge >= 0.3 is 0 Å². The number of hydrogen-bond acceptors (Lipinski definition) is 1. The molecule has 0 unspecified atom stereocenters. The van der Waals surface area contributed by atoms with Gasteiger partial charge < -0.3 is 0 Å². The average molecular weight is 207 g/mol. The molecular weight excluding hydrogens is 188 g/mol. The van der Waals surface area contributed by atoms with Crippen molar-refractivity contribution in [1.82, 2.24) is 0 Å². The Kier molecular flexibility index (Phi) is 5.84. The third-order valence-corrected chi connectivity index (χ3v) is 8.91. The van der Waals surface area contributed by atoms with Crippen molar-refractivity contribution < 1.29 is 4.79 Å². The molecule has 3 heteroatoms. The number of carbonyl (C=O) groups is 1. The molecule has 0 saturated heterocycles. The van der Waals surface area contributed by atoms with Crippen LogP contribution in [0.2, 0.25) is 24.2 Å². The highest BCUT2D eigenvalue weighted by atomic mass is 35.5. The minimum Gasteiger partial charge on any atom is -0.299 e. The summed E-state index contributed by atoms with van der Waals surface area (Å²) in [6, 6.07) is 4.42. The number of hydrogen-bond donors (Lipinski definition) is 0. The Balaban J connectivity index is 4.19. The Bertz CT molecular complexity index is 135. The van der Waals surface area contributed by atoms with Gasteiger partial charge in [-0.15, -0.1) is 11.6 Å². The van der Waals surface area contributed by atoms with Crippen LogP contribution in [0.3, 0.4) is 0 Å². The number of Topliss-reactive ketones (excluding diaryl/α,β-unsaturated/α-hetero) is 1. The molecule has 0 aliphatic rings. The van der Waals surface area contributed by atoms with Crippen LogP contribution >= 0.6 is 11.6 Å². The highest BCUT2D eigenvalue weighted by Gasteiger charge is 2.28. The van der Waals surface area contributed by atoms with Crippen LogP contribution in [0.4, 0.5) is 0 Å². The fourth-order valence-electron chi connectivity index (χ4n) is 1.59. The number of alkyl halides is 1. The van der Waals surface area contributed by atoms with E-state index in [-0.39, 0.29) is 11.7 Å². The lowest BCUT2D eigenvalue weighted by Crippen LogP contribution is -2.34. The summed E-state index contributed by atoms with van der Waals surface area (Å²) >= 11 is 5.50.